The minimum atomic E-state index is 0.787. The Morgan fingerprint density at radius 2 is 2.00 bits per heavy atom. The van der Waals surface area contributed by atoms with E-state index in [9.17, 15) is 0 Å². The number of aryl methyl sites for hydroxylation is 1. The van der Waals surface area contributed by atoms with Crippen LogP contribution < -0.4 is 9.83 Å². The molecule has 3 rings (SSSR count). The van der Waals surface area contributed by atoms with Crippen molar-refractivity contribution in [2.75, 3.05) is 13.3 Å². The Hall–Kier alpha value is -2.60. The average molecular weight is 338 g/mol. The van der Waals surface area contributed by atoms with Crippen LogP contribution in [0.5, 0.6) is 0 Å². The second kappa shape index (κ2) is 7.31. The first-order valence-corrected chi connectivity index (χ1v) is 8.81. The third kappa shape index (κ3) is 3.33. The molecular formula is C18H20N5S+. The third-order valence-corrected chi connectivity index (χ3v) is 4.47. The molecule has 2 heterocycles. The van der Waals surface area contributed by atoms with Crippen LogP contribution in [0.3, 0.4) is 0 Å². The lowest BCUT2D eigenvalue weighted by atomic mass is 10.1. The quantitative estimate of drug-likeness (QED) is 0.345. The molecular weight excluding hydrogens is 318 g/mol. The van der Waals surface area contributed by atoms with E-state index in [-0.39, 0.29) is 0 Å². The summed E-state index contributed by atoms with van der Waals surface area (Å²) in [5, 5.41) is 4.99. The first kappa shape index (κ1) is 16.3. The summed E-state index contributed by atoms with van der Waals surface area (Å²) in [4.78, 5) is 4.07. The highest BCUT2D eigenvalue weighted by atomic mass is 32.2. The highest BCUT2D eigenvalue weighted by molar-refractivity contribution is 8.13. The predicted molar refractivity (Wildman–Crippen MR) is 102 cm³/mol. The van der Waals surface area contributed by atoms with Crippen LogP contribution in [0.4, 0.5) is 0 Å². The molecule has 0 bridgehead atoms. The SMILES string of the molecule is CN=C(N/N=C\c1ccc(-c2c[n+]3ccccc3n2C)cc1)SC. The number of nitrogens with zero attached hydrogens (tertiary/aromatic N) is 4. The summed E-state index contributed by atoms with van der Waals surface area (Å²) >= 11 is 1.53. The average Bonchev–Trinajstić information content (AvgIpc) is 2.96. The number of hydrazone groups is 1. The van der Waals surface area contributed by atoms with Crippen LogP contribution in [0.2, 0.25) is 0 Å². The number of hydrogen-bond donors (Lipinski definition) is 1. The summed E-state index contributed by atoms with van der Waals surface area (Å²) in [5.74, 6) is 0. The lowest BCUT2D eigenvalue weighted by Gasteiger charge is -2.00. The van der Waals surface area contributed by atoms with E-state index in [4.69, 9.17) is 0 Å². The summed E-state index contributed by atoms with van der Waals surface area (Å²) in [7, 11) is 3.82. The molecule has 24 heavy (non-hydrogen) atoms. The van der Waals surface area contributed by atoms with Gasteiger partial charge in [-0.3, -0.25) is 10.4 Å². The zero-order valence-corrected chi connectivity index (χ0v) is 14.8. The fourth-order valence-electron chi connectivity index (χ4n) is 2.54. The van der Waals surface area contributed by atoms with Crippen LogP contribution in [-0.4, -0.2) is 29.3 Å². The Morgan fingerprint density at radius 1 is 1.21 bits per heavy atom. The van der Waals surface area contributed by atoms with Gasteiger partial charge < -0.3 is 0 Å². The predicted octanol–water partition coefficient (Wildman–Crippen LogP) is 2.70. The largest absolute Gasteiger partial charge is 0.286 e. The maximum absolute atomic E-state index is 4.20. The lowest BCUT2D eigenvalue weighted by Crippen LogP contribution is -2.17. The van der Waals surface area contributed by atoms with Gasteiger partial charge in [-0.05, 0) is 30.0 Å². The van der Waals surface area contributed by atoms with Crippen molar-refractivity contribution in [2.24, 2.45) is 17.1 Å². The number of thioether (sulfide) groups is 1. The Bertz CT molecular complexity index is 893. The summed E-state index contributed by atoms with van der Waals surface area (Å²) < 4.78 is 4.32. The number of aromatic nitrogens is 2. The second-order valence-corrected chi connectivity index (χ2v) is 6.06. The maximum Gasteiger partial charge on any atom is 0.286 e. The van der Waals surface area contributed by atoms with Gasteiger partial charge in [-0.15, -0.1) is 0 Å². The lowest BCUT2D eigenvalue weighted by molar-refractivity contribution is -0.510. The maximum atomic E-state index is 4.20. The molecule has 3 aromatic rings. The number of amidine groups is 1. The minimum absolute atomic E-state index is 0.787. The smallest absolute Gasteiger partial charge is 0.265 e. The number of imidazole rings is 1. The van der Waals surface area contributed by atoms with E-state index >= 15 is 0 Å². The van der Waals surface area contributed by atoms with E-state index in [0.717, 1.165) is 16.4 Å². The van der Waals surface area contributed by atoms with Crippen molar-refractivity contribution in [3.05, 3.63) is 60.4 Å². The van der Waals surface area contributed by atoms with E-state index < -0.39 is 0 Å². The Morgan fingerprint density at radius 3 is 2.67 bits per heavy atom. The van der Waals surface area contributed by atoms with E-state index in [1.807, 2.05) is 18.4 Å². The third-order valence-electron chi connectivity index (χ3n) is 3.81. The second-order valence-electron chi connectivity index (χ2n) is 5.26. The van der Waals surface area contributed by atoms with Crippen LogP contribution in [0.15, 0.2) is 65.0 Å². The topological polar surface area (TPSA) is 45.8 Å². The molecule has 5 nitrogen and oxygen atoms in total. The van der Waals surface area contributed by atoms with Crippen LogP contribution in [0.1, 0.15) is 5.56 Å². The minimum Gasteiger partial charge on any atom is -0.265 e. The van der Waals surface area contributed by atoms with Gasteiger partial charge in [0.25, 0.3) is 5.65 Å². The molecule has 0 aliphatic carbocycles. The summed E-state index contributed by atoms with van der Waals surface area (Å²) in [5.41, 5.74) is 7.45. The van der Waals surface area contributed by atoms with Crippen LogP contribution >= 0.6 is 11.8 Å². The van der Waals surface area contributed by atoms with Gasteiger partial charge in [-0.2, -0.15) is 5.10 Å². The number of pyridine rings is 1. The molecule has 1 N–H and O–H groups in total. The van der Waals surface area contributed by atoms with Crippen molar-refractivity contribution >= 4 is 28.8 Å². The molecule has 0 aliphatic rings. The van der Waals surface area contributed by atoms with Crippen molar-refractivity contribution in [1.82, 2.24) is 9.99 Å². The molecule has 0 fully saturated rings. The fourth-order valence-corrected chi connectivity index (χ4v) is 2.87. The Labute approximate surface area is 145 Å². The van der Waals surface area contributed by atoms with Gasteiger partial charge in [0.15, 0.2) is 10.9 Å². The van der Waals surface area contributed by atoms with Crippen LogP contribution in [-0.2, 0) is 7.05 Å². The fraction of sp³-hybridized carbons (Fsp3) is 0.167. The van der Waals surface area contributed by atoms with Gasteiger partial charge in [0, 0.05) is 18.7 Å². The molecule has 0 radical (unpaired) electrons. The van der Waals surface area contributed by atoms with Crippen LogP contribution in [0, 0.1) is 0 Å². The first-order chi connectivity index (χ1) is 11.7. The highest BCUT2D eigenvalue weighted by Crippen LogP contribution is 2.19. The summed E-state index contributed by atoms with van der Waals surface area (Å²) in [6, 6.07) is 14.5. The molecule has 2 aromatic heterocycles. The molecule has 0 saturated heterocycles. The molecule has 0 spiro atoms. The van der Waals surface area contributed by atoms with Crippen molar-refractivity contribution < 1.29 is 4.40 Å². The highest BCUT2D eigenvalue weighted by Gasteiger charge is 2.14. The number of benzene rings is 1. The molecule has 0 atom stereocenters. The number of aliphatic imine (C=N–C) groups is 1. The number of nitrogens with one attached hydrogen (secondary N) is 1. The molecule has 0 aliphatic heterocycles. The molecule has 1 aromatic carbocycles. The van der Waals surface area contributed by atoms with E-state index in [2.05, 4.69) is 74.3 Å². The zero-order valence-electron chi connectivity index (χ0n) is 14.0. The van der Waals surface area contributed by atoms with E-state index in [1.165, 1.54) is 23.0 Å². The number of hydrogen-bond acceptors (Lipinski definition) is 3. The normalized spacial score (nSPS) is 12.2. The molecule has 122 valence electrons. The zero-order chi connectivity index (χ0) is 16.9. The molecule has 0 unspecified atom stereocenters. The van der Waals surface area contributed by atoms with Gasteiger partial charge in [0.05, 0.1) is 19.5 Å². The number of fused-ring (bicyclic) bond motifs is 1. The monoisotopic (exact) mass is 338 g/mol. The van der Waals surface area contributed by atoms with Gasteiger partial charge in [0.2, 0.25) is 0 Å². The van der Waals surface area contributed by atoms with Crippen LogP contribution in [0.25, 0.3) is 16.9 Å². The molecule has 6 heteroatoms. The summed E-state index contributed by atoms with van der Waals surface area (Å²) in [6.07, 6.45) is 7.95. The molecule has 0 saturated carbocycles. The van der Waals surface area contributed by atoms with E-state index in [1.54, 1.807) is 13.3 Å². The van der Waals surface area contributed by atoms with Crippen molar-refractivity contribution in [3.8, 4) is 11.3 Å². The summed E-state index contributed by atoms with van der Waals surface area (Å²) in [6.45, 7) is 0. The number of rotatable bonds is 3. The van der Waals surface area contributed by atoms with Crippen molar-refractivity contribution in [1.29, 1.82) is 0 Å². The van der Waals surface area contributed by atoms with Gasteiger partial charge in [-0.25, -0.2) is 8.97 Å². The van der Waals surface area contributed by atoms with Gasteiger partial charge in [0.1, 0.15) is 6.20 Å². The van der Waals surface area contributed by atoms with E-state index in [0.29, 0.717) is 0 Å². The van der Waals surface area contributed by atoms with Gasteiger partial charge in [-0.1, -0.05) is 30.0 Å². The van der Waals surface area contributed by atoms with Crippen molar-refractivity contribution in [3.63, 3.8) is 0 Å². The Kier molecular flexibility index (Phi) is 4.96. The van der Waals surface area contributed by atoms with Crippen molar-refractivity contribution in [2.45, 2.75) is 0 Å². The van der Waals surface area contributed by atoms with Gasteiger partial charge >= 0.3 is 0 Å². The molecule has 0 amide bonds. The Balaban J connectivity index is 1.81. The first-order valence-electron chi connectivity index (χ1n) is 7.59. The standard InChI is InChI=1S/C18H20N5S/c1-19-18(24-3)21-20-12-14-7-9-15(10-8-14)16-13-23-11-5-4-6-17(23)22(16)2/h4-13H,1-3H3,(H,19,21)/q+1/b20-12-.